The molecule has 0 amide bonds. The molecule has 0 unspecified atom stereocenters. The zero-order valence-electron chi connectivity index (χ0n) is 11.7. The van der Waals surface area contributed by atoms with Crippen molar-refractivity contribution in [2.75, 3.05) is 0 Å². The van der Waals surface area contributed by atoms with Gasteiger partial charge in [-0.2, -0.15) is 0 Å². The number of carbonyl (C=O) groups is 1. The Morgan fingerprint density at radius 3 is 2.40 bits per heavy atom. The fraction of sp³-hybridized carbons (Fsp3) is 0.333. The second-order valence-corrected chi connectivity index (χ2v) is 5.06. The minimum Gasteiger partial charge on any atom is -0.477 e. The van der Waals surface area contributed by atoms with Crippen LogP contribution in [0.25, 0.3) is 5.52 Å². The number of carboxylic acids is 1. The van der Waals surface area contributed by atoms with Crippen LogP contribution in [-0.4, -0.2) is 15.5 Å². The molecule has 20 heavy (non-hydrogen) atoms. The number of carboxylic acid groups (broad SMARTS) is 1. The Kier molecular flexibility index (Phi) is 3.86. The average molecular weight is 294 g/mol. The Bertz CT molecular complexity index is 762. The fourth-order valence-electron chi connectivity index (χ4n) is 2.71. The second-order valence-electron chi connectivity index (χ2n) is 4.66. The Morgan fingerprint density at radius 2 is 1.90 bits per heavy atom. The lowest BCUT2D eigenvalue weighted by molar-refractivity contribution is 0.0693. The standard InChI is InChI=1S/C15H16ClNO3/c1-4-9-10(5-2)13-8(3)11(16)6-7-17(13)14(18)12(9)15(19)20/h6-7H,4-5H2,1-3H3,(H,19,20). The molecule has 0 spiro atoms. The van der Waals surface area contributed by atoms with Gasteiger partial charge in [-0.1, -0.05) is 25.4 Å². The lowest BCUT2D eigenvalue weighted by Gasteiger charge is -2.16. The number of rotatable bonds is 3. The van der Waals surface area contributed by atoms with E-state index >= 15 is 0 Å². The number of pyridine rings is 2. The summed E-state index contributed by atoms with van der Waals surface area (Å²) in [5.74, 6) is -1.18. The minimum atomic E-state index is -1.18. The van der Waals surface area contributed by atoms with Crippen LogP contribution in [0.2, 0.25) is 5.02 Å². The Morgan fingerprint density at radius 1 is 1.30 bits per heavy atom. The molecule has 5 heteroatoms. The summed E-state index contributed by atoms with van der Waals surface area (Å²) in [5.41, 5.74) is 2.38. The summed E-state index contributed by atoms with van der Waals surface area (Å²) >= 11 is 6.14. The topological polar surface area (TPSA) is 58.8 Å². The van der Waals surface area contributed by atoms with Crippen molar-refractivity contribution in [2.45, 2.75) is 33.6 Å². The van der Waals surface area contributed by atoms with Gasteiger partial charge in [0.2, 0.25) is 0 Å². The largest absolute Gasteiger partial charge is 0.477 e. The van der Waals surface area contributed by atoms with Crippen LogP contribution in [0.5, 0.6) is 0 Å². The molecule has 0 aromatic carbocycles. The molecule has 0 aliphatic rings. The van der Waals surface area contributed by atoms with Crippen LogP contribution in [0.3, 0.4) is 0 Å². The maximum atomic E-state index is 12.4. The summed E-state index contributed by atoms with van der Waals surface area (Å²) < 4.78 is 1.39. The van der Waals surface area contributed by atoms with E-state index in [1.165, 1.54) is 10.6 Å². The van der Waals surface area contributed by atoms with Crippen molar-refractivity contribution in [3.8, 4) is 0 Å². The van der Waals surface area contributed by atoms with Crippen LogP contribution in [0.1, 0.15) is 40.9 Å². The van der Waals surface area contributed by atoms with Gasteiger partial charge in [0.25, 0.3) is 5.56 Å². The zero-order valence-corrected chi connectivity index (χ0v) is 12.4. The van der Waals surface area contributed by atoms with E-state index < -0.39 is 11.5 Å². The number of aromatic carboxylic acids is 1. The lowest BCUT2D eigenvalue weighted by Crippen LogP contribution is -2.26. The van der Waals surface area contributed by atoms with Crippen LogP contribution in [0.15, 0.2) is 17.1 Å². The molecule has 0 aliphatic heterocycles. The number of aromatic nitrogens is 1. The first-order valence-electron chi connectivity index (χ1n) is 6.52. The van der Waals surface area contributed by atoms with Gasteiger partial charge in [0.05, 0.1) is 5.52 Å². The lowest BCUT2D eigenvalue weighted by atomic mass is 9.95. The molecular weight excluding hydrogens is 278 g/mol. The van der Waals surface area contributed by atoms with Crippen LogP contribution >= 0.6 is 11.6 Å². The maximum absolute atomic E-state index is 12.4. The molecule has 106 valence electrons. The van der Waals surface area contributed by atoms with Crippen molar-refractivity contribution < 1.29 is 9.90 Å². The predicted molar refractivity (Wildman–Crippen MR) is 79.1 cm³/mol. The van der Waals surface area contributed by atoms with Crippen molar-refractivity contribution in [2.24, 2.45) is 0 Å². The molecule has 4 nitrogen and oxygen atoms in total. The summed E-state index contributed by atoms with van der Waals surface area (Å²) in [5, 5.41) is 9.91. The third-order valence-electron chi connectivity index (χ3n) is 3.63. The van der Waals surface area contributed by atoms with E-state index in [-0.39, 0.29) is 5.56 Å². The van der Waals surface area contributed by atoms with E-state index in [0.717, 1.165) is 16.6 Å². The van der Waals surface area contributed by atoms with Gasteiger partial charge in [-0.15, -0.1) is 0 Å². The monoisotopic (exact) mass is 293 g/mol. The first-order chi connectivity index (χ1) is 9.43. The molecule has 2 aromatic rings. The molecule has 2 aromatic heterocycles. The van der Waals surface area contributed by atoms with E-state index in [0.29, 0.717) is 23.4 Å². The van der Waals surface area contributed by atoms with Gasteiger partial charge in [-0.05, 0) is 42.5 Å². The Balaban J connectivity index is 3.15. The molecule has 2 rings (SSSR count). The molecule has 0 aliphatic carbocycles. The SMILES string of the molecule is CCc1c(C(=O)O)c(=O)n2ccc(Cl)c(C)c2c1CC. The van der Waals surface area contributed by atoms with E-state index in [1.807, 2.05) is 20.8 Å². The van der Waals surface area contributed by atoms with Gasteiger partial charge in [0.1, 0.15) is 5.56 Å². The van der Waals surface area contributed by atoms with Crippen LogP contribution in [0.4, 0.5) is 0 Å². The first kappa shape index (κ1) is 14.6. The maximum Gasteiger partial charge on any atom is 0.341 e. The van der Waals surface area contributed by atoms with Crippen molar-refractivity contribution >= 4 is 23.1 Å². The van der Waals surface area contributed by atoms with Gasteiger partial charge in [-0.3, -0.25) is 9.20 Å². The van der Waals surface area contributed by atoms with E-state index in [9.17, 15) is 14.7 Å². The number of halogens is 1. The van der Waals surface area contributed by atoms with Crippen molar-refractivity contribution in [1.82, 2.24) is 4.40 Å². The highest BCUT2D eigenvalue weighted by Crippen LogP contribution is 2.26. The van der Waals surface area contributed by atoms with E-state index in [4.69, 9.17) is 11.6 Å². The van der Waals surface area contributed by atoms with Gasteiger partial charge in [0, 0.05) is 11.2 Å². The second kappa shape index (κ2) is 5.29. The Hall–Kier alpha value is -1.81. The van der Waals surface area contributed by atoms with Crippen LogP contribution in [-0.2, 0) is 12.8 Å². The van der Waals surface area contributed by atoms with E-state index in [2.05, 4.69) is 0 Å². The molecular formula is C15H16ClNO3. The number of hydrogen-bond acceptors (Lipinski definition) is 2. The number of fused-ring (bicyclic) bond motifs is 1. The number of nitrogens with zero attached hydrogens (tertiary/aromatic N) is 1. The smallest absolute Gasteiger partial charge is 0.341 e. The molecule has 1 N–H and O–H groups in total. The molecule has 0 fully saturated rings. The molecule has 2 heterocycles. The number of aryl methyl sites for hydroxylation is 2. The van der Waals surface area contributed by atoms with Crippen molar-refractivity contribution in [3.63, 3.8) is 0 Å². The predicted octanol–water partition coefficient (Wildman–Crippen LogP) is 3.08. The average Bonchev–Trinajstić information content (AvgIpc) is 2.41. The summed E-state index contributed by atoms with van der Waals surface area (Å²) in [7, 11) is 0. The first-order valence-corrected chi connectivity index (χ1v) is 6.90. The third kappa shape index (κ3) is 2.00. The molecule has 0 atom stereocenters. The highest BCUT2D eigenvalue weighted by Gasteiger charge is 2.22. The molecule has 0 saturated carbocycles. The van der Waals surface area contributed by atoms with Gasteiger partial charge in [-0.25, -0.2) is 4.79 Å². The zero-order chi connectivity index (χ0) is 15.0. The highest BCUT2D eigenvalue weighted by atomic mass is 35.5. The van der Waals surface area contributed by atoms with E-state index in [1.54, 1.807) is 6.07 Å². The quantitative estimate of drug-likeness (QED) is 0.946. The fourth-order valence-corrected chi connectivity index (χ4v) is 2.86. The highest BCUT2D eigenvalue weighted by molar-refractivity contribution is 6.31. The molecule has 0 radical (unpaired) electrons. The molecule has 0 saturated heterocycles. The normalized spacial score (nSPS) is 11.0. The van der Waals surface area contributed by atoms with Gasteiger partial charge >= 0.3 is 5.97 Å². The van der Waals surface area contributed by atoms with Crippen LogP contribution < -0.4 is 5.56 Å². The summed E-state index contributed by atoms with van der Waals surface area (Å²) in [6.45, 7) is 5.65. The number of hydrogen-bond donors (Lipinski definition) is 1. The van der Waals surface area contributed by atoms with Crippen molar-refractivity contribution in [1.29, 1.82) is 0 Å². The van der Waals surface area contributed by atoms with Crippen molar-refractivity contribution in [3.05, 3.63) is 49.9 Å². The van der Waals surface area contributed by atoms with Gasteiger partial charge < -0.3 is 5.11 Å². The third-order valence-corrected chi connectivity index (χ3v) is 4.04. The van der Waals surface area contributed by atoms with Crippen LogP contribution in [0, 0.1) is 6.92 Å². The summed E-state index contributed by atoms with van der Waals surface area (Å²) in [4.78, 5) is 23.8. The Labute approximate surface area is 121 Å². The molecule has 0 bridgehead atoms. The van der Waals surface area contributed by atoms with Gasteiger partial charge in [0.15, 0.2) is 0 Å². The minimum absolute atomic E-state index is 0.136. The summed E-state index contributed by atoms with van der Waals surface area (Å²) in [6.07, 6.45) is 2.69. The summed E-state index contributed by atoms with van der Waals surface area (Å²) in [6, 6.07) is 1.61.